The number of hydrogen-bond donors (Lipinski definition) is 3. The van der Waals surface area contributed by atoms with E-state index in [1.807, 2.05) is 24.3 Å². The quantitative estimate of drug-likeness (QED) is 0.334. The Kier molecular flexibility index (Phi) is 4.27. The minimum Gasteiger partial charge on any atom is -0.409 e. The molecule has 0 unspecified atom stereocenters. The molecule has 1 aromatic carbocycles. The molecule has 1 amide bonds. The van der Waals surface area contributed by atoms with Crippen LogP contribution in [-0.4, -0.2) is 17.0 Å². The molecule has 0 bridgehead atoms. The van der Waals surface area contributed by atoms with Crippen molar-refractivity contribution < 1.29 is 10.0 Å². The number of anilines is 1. The van der Waals surface area contributed by atoms with Gasteiger partial charge in [0.15, 0.2) is 5.84 Å². The first kappa shape index (κ1) is 14.4. The second-order valence-corrected chi connectivity index (χ2v) is 5.28. The summed E-state index contributed by atoms with van der Waals surface area (Å²) >= 11 is 0. The van der Waals surface area contributed by atoms with Crippen LogP contribution in [0.5, 0.6) is 0 Å². The van der Waals surface area contributed by atoms with Gasteiger partial charge >= 0.3 is 0 Å². The summed E-state index contributed by atoms with van der Waals surface area (Å²) in [7, 11) is 0. The number of para-hydroxylation sites is 1. The van der Waals surface area contributed by atoms with Gasteiger partial charge in [-0.2, -0.15) is 0 Å². The summed E-state index contributed by atoms with van der Waals surface area (Å²) in [6.07, 6.45) is 4.10. The smallest absolute Gasteiger partial charge is 0.238 e. The summed E-state index contributed by atoms with van der Waals surface area (Å²) in [6, 6.07) is 7.76. The number of amides is 1. The first-order valence-corrected chi connectivity index (χ1v) is 7.01. The number of oxime groups is 1. The fourth-order valence-electron chi connectivity index (χ4n) is 2.60. The SMILES string of the molecule is CCCc1ccccc1NC(=O)C1(/C(N)=N/O)CCC1. The molecule has 1 aromatic rings. The molecule has 2 rings (SSSR count). The zero-order valence-electron chi connectivity index (χ0n) is 11.7. The van der Waals surface area contributed by atoms with Gasteiger partial charge in [-0.15, -0.1) is 0 Å². The van der Waals surface area contributed by atoms with Crippen LogP contribution in [0.15, 0.2) is 29.4 Å². The minimum atomic E-state index is -0.839. The molecular formula is C15H21N3O2. The lowest BCUT2D eigenvalue weighted by Gasteiger charge is -2.38. The Morgan fingerprint density at radius 1 is 1.45 bits per heavy atom. The van der Waals surface area contributed by atoms with Gasteiger partial charge in [0.1, 0.15) is 5.41 Å². The van der Waals surface area contributed by atoms with Crippen molar-refractivity contribution in [2.45, 2.75) is 39.0 Å². The van der Waals surface area contributed by atoms with Crippen molar-refractivity contribution in [3.05, 3.63) is 29.8 Å². The van der Waals surface area contributed by atoms with E-state index >= 15 is 0 Å². The highest BCUT2D eigenvalue weighted by Gasteiger charge is 2.48. The third-order valence-electron chi connectivity index (χ3n) is 4.02. The lowest BCUT2D eigenvalue weighted by atomic mass is 9.67. The Bertz CT molecular complexity index is 522. The highest BCUT2D eigenvalue weighted by molar-refractivity contribution is 6.12. The van der Waals surface area contributed by atoms with Crippen LogP contribution >= 0.6 is 0 Å². The van der Waals surface area contributed by atoms with Crippen LogP contribution < -0.4 is 11.1 Å². The topological polar surface area (TPSA) is 87.7 Å². The Morgan fingerprint density at radius 2 is 2.15 bits per heavy atom. The first-order valence-electron chi connectivity index (χ1n) is 7.01. The normalized spacial score (nSPS) is 17.4. The van der Waals surface area contributed by atoms with Gasteiger partial charge in [-0.05, 0) is 30.9 Å². The molecule has 108 valence electrons. The maximum atomic E-state index is 12.5. The van der Waals surface area contributed by atoms with E-state index < -0.39 is 5.41 Å². The molecule has 0 radical (unpaired) electrons. The van der Waals surface area contributed by atoms with Gasteiger partial charge in [0.25, 0.3) is 0 Å². The predicted molar refractivity (Wildman–Crippen MR) is 78.8 cm³/mol. The molecule has 4 N–H and O–H groups in total. The molecule has 0 spiro atoms. The number of rotatable bonds is 5. The average Bonchev–Trinajstić information content (AvgIpc) is 2.39. The highest BCUT2D eigenvalue weighted by atomic mass is 16.4. The van der Waals surface area contributed by atoms with Crippen LogP contribution in [0.1, 0.15) is 38.2 Å². The number of aryl methyl sites for hydroxylation is 1. The number of nitrogens with one attached hydrogen (secondary N) is 1. The van der Waals surface area contributed by atoms with Gasteiger partial charge in [0.2, 0.25) is 5.91 Å². The van der Waals surface area contributed by atoms with Gasteiger partial charge < -0.3 is 16.3 Å². The number of nitrogens with zero attached hydrogens (tertiary/aromatic N) is 1. The monoisotopic (exact) mass is 275 g/mol. The number of hydrogen-bond acceptors (Lipinski definition) is 3. The van der Waals surface area contributed by atoms with Crippen molar-refractivity contribution in [1.29, 1.82) is 0 Å². The Morgan fingerprint density at radius 3 is 2.70 bits per heavy atom. The Hall–Kier alpha value is -2.04. The molecular weight excluding hydrogens is 254 g/mol. The zero-order chi connectivity index (χ0) is 14.6. The summed E-state index contributed by atoms with van der Waals surface area (Å²) in [5.74, 6) is -0.170. The lowest BCUT2D eigenvalue weighted by Crippen LogP contribution is -2.51. The molecule has 0 saturated heterocycles. The predicted octanol–water partition coefficient (Wildman–Crippen LogP) is 2.49. The van der Waals surface area contributed by atoms with Gasteiger partial charge in [0, 0.05) is 5.69 Å². The third kappa shape index (κ3) is 2.48. The molecule has 1 aliphatic carbocycles. The van der Waals surface area contributed by atoms with E-state index in [1.165, 1.54) is 0 Å². The number of amidine groups is 1. The van der Waals surface area contributed by atoms with Crippen LogP contribution in [0.3, 0.4) is 0 Å². The van der Waals surface area contributed by atoms with Crippen molar-refractivity contribution in [2.24, 2.45) is 16.3 Å². The molecule has 1 aliphatic rings. The number of carbonyl (C=O) groups is 1. The van der Waals surface area contributed by atoms with E-state index in [-0.39, 0.29) is 11.7 Å². The molecule has 5 heteroatoms. The molecule has 1 saturated carbocycles. The van der Waals surface area contributed by atoms with E-state index in [1.54, 1.807) is 0 Å². The minimum absolute atomic E-state index is 0.00854. The largest absolute Gasteiger partial charge is 0.409 e. The summed E-state index contributed by atoms with van der Waals surface area (Å²) in [6.45, 7) is 2.10. The highest BCUT2D eigenvalue weighted by Crippen LogP contribution is 2.42. The van der Waals surface area contributed by atoms with E-state index in [9.17, 15) is 4.79 Å². The number of benzene rings is 1. The molecule has 0 heterocycles. The molecule has 5 nitrogen and oxygen atoms in total. The van der Waals surface area contributed by atoms with Crippen molar-refractivity contribution in [3.8, 4) is 0 Å². The van der Waals surface area contributed by atoms with Crippen LogP contribution in [0.25, 0.3) is 0 Å². The third-order valence-corrected chi connectivity index (χ3v) is 4.02. The summed E-state index contributed by atoms with van der Waals surface area (Å²) in [4.78, 5) is 12.5. The van der Waals surface area contributed by atoms with Gasteiger partial charge in [-0.25, -0.2) is 0 Å². The van der Waals surface area contributed by atoms with E-state index in [4.69, 9.17) is 10.9 Å². The van der Waals surface area contributed by atoms with Crippen LogP contribution in [-0.2, 0) is 11.2 Å². The standard InChI is InChI=1S/C15H21N3O2/c1-2-6-11-7-3-4-8-12(11)17-14(19)15(9-5-10-15)13(16)18-20/h3-4,7-8,20H,2,5-6,9-10H2,1H3,(H2,16,18)(H,17,19). The lowest BCUT2D eigenvalue weighted by molar-refractivity contribution is -0.125. The van der Waals surface area contributed by atoms with Gasteiger partial charge in [-0.3, -0.25) is 4.79 Å². The zero-order valence-corrected chi connectivity index (χ0v) is 11.7. The summed E-state index contributed by atoms with van der Waals surface area (Å²) in [5, 5.41) is 14.9. The van der Waals surface area contributed by atoms with Crippen molar-refractivity contribution in [1.82, 2.24) is 0 Å². The Labute approximate surface area is 118 Å². The van der Waals surface area contributed by atoms with Crippen molar-refractivity contribution in [2.75, 3.05) is 5.32 Å². The number of nitrogens with two attached hydrogens (primary N) is 1. The van der Waals surface area contributed by atoms with Gasteiger partial charge in [0.05, 0.1) is 0 Å². The van der Waals surface area contributed by atoms with E-state index in [0.717, 1.165) is 30.5 Å². The van der Waals surface area contributed by atoms with Crippen LogP contribution in [0, 0.1) is 5.41 Å². The summed E-state index contributed by atoms with van der Waals surface area (Å²) < 4.78 is 0. The fourth-order valence-corrected chi connectivity index (χ4v) is 2.60. The van der Waals surface area contributed by atoms with Crippen LogP contribution in [0.2, 0.25) is 0 Å². The van der Waals surface area contributed by atoms with Crippen molar-refractivity contribution in [3.63, 3.8) is 0 Å². The second kappa shape index (κ2) is 5.94. The Balaban J connectivity index is 2.19. The average molecular weight is 275 g/mol. The first-order chi connectivity index (χ1) is 9.64. The van der Waals surface area contributed by atoms with Crippen molar-refractivity contribution >= 4 is 17.4 Å². The fraction of sp³-hybridized carbons (Fsp3) is 0.467. The van der Waals surface area contributed by atoms with Gasteiger partial charge in [-0.1, -0.05) is 43.1 Å². The molecule has 0 atom stereocenters. The molecule has 1 fully saturated rings. The maximum Gasteiger partial charge on any atom is 0.238 e. The second-order valence-electron chi connectivity index (χ2n) is 5.28. The molecule has 20 heavy (non-hydrogen) atoms. The molecule has 0 aliphatic heterocycles. The molecule has 0 aromatic heterocycles. The van der Waals surface area contributed by atoms with E-state index in [2.05, 4.69) is 17.4 Å². The van der Waals surface area contributed by atoms with E-state index in [0.29, 0.717) is 12.8 Å². The van der Waals surface area contributed by atoms with Crippen LogP contribution in [0.4, 0.5) is 5.69 Å². The number of carbonyl (C=O) groups excluding carboxylic acids is 1. The maximum absolute atomic E-state index is 12.5. The summed E-state index contributed by atoms with van der Waals surface area (Å²) in [5.41, 5.74) is 6.79.